The topological polar surface area (TPSA) is 101 Å². The lowest BCUT2D eigenvalue weighted by molar-refractivity contribution is 0.0740. The summed E-state index contributed by atoms with van der Waals surface area (Å²) in [5.41, 5.74) is -0.000270. The van der Waals surface area contributed by atoms with Crippen molar-refractivity contribution in [2.45, 2.75) is 29.7 Å². The number of ether oxygens (including phenoxy) is 1. The van der Waals surface area contributed by atoms with E-state index in [-0.39, 0.29) is 54.2 Å². The van der Waals surface area contributed by atoms with E-state index in [0.717, 1.165) is 18.6 Å². The number of amides is 1. The van der Waals surface area contributed by atoms with Crippen LogP contribution >= 0.6 is 0 Å². The Labute approximate surface area is 198 Å². The van der Waals surface area contributed by atoms with E-state index in [2.05, 4.69) is 0 Å². The number of carbonyl (C=O) groups is 1. The molecule has 0 N–H and O–H groups in total. The van der Waals surface area contributed by atoms with Gasteiger partial charge < -0.3 is 14.5 Å². The van der Waals surface area contributed by atoms with Gasteiger partial charge in [0.05, 0.1) is 22.3 Å². The van der Waals surface area contributed by atoms with Crippen molar-refractivity contribution in [3.05, 3.63) is 47.5 Å². The van der Waals surface area contributed by atoms with Gasteiger partial charge in [-0.15, -0.1) is 0 Å². The van der Waals surface area contributed by atoms with Gasteiger partial charge in [0.1, 0.15) is 22.3 Å². The summed E-state index contributed by atoms with van der Waals surface area (Å²) in [6, 6.07) is 5.60. The van der Waals surface area contributed by atoms with Crippen molar-refractivity contribution in [1.82, 2.24) is 4.90 Å². The van der Waals surface area contributed by atoms with Crippen LogP contribution in [0.5, 0.6) is 5.75 Å². The lowest BCUT2D eigenvalue weighted by atomic mass is 10.1. The fraction of sp³-hybridized carbons (Fsp3) is 0.409. The lowest BCUT2D eigenvalue weighted by Crippen LogP contribution is -2.49. The maximum Gasteiger partial charge on any atom is 0.257 e. The highest BCUT2D eigenvalue weighted by molar-refractivity contribution is 7.91. The molecule has 0 aliphatic carbocycles. The second-order valence-corrected chi connectivity index (χ2v) is 12.4. The molecule has 2 aromatic carbocycles. The third kappa shape index (κ3) is 5.66. The molecule has 1 aliphatic heterocycles. The number of hydrogen-bond acceptors (Lipinski definition) is 7. The Balaban J connectivity index is 1.83. The van der Waals surface area contributed by atoms with Crippen molar-refractivity contribution >= 4 is 31.3 Å². The zero-order chi connectivity index (χ0) is 25.4. The molecule has 0 saturated carbocycles. The minimum Gasteiger partial charge on any atom is -0.490 e. The molecule has 0 unspecified atom stereocenters. The Hall–Kier alpha value is -2.73. The smallest absolute Gasteiger partial charge is 0.257 e. The standard InChI is InChI=1S/C22H26F2N2O6S2/c1-14(2)32-20-6-5-15(33(3,28)29)11-16(20)22(27)26-9-7-25(8-10-26)19-12-18(24)21(13-17(19)23)34(4,30)31/h5-6,11-14H,7-10H2,1-4H3. The molecule has 8 nitrogen and oxygen atoms in total. The number of halogens is 2. The maximum absolute atomic E-state index is 14.6. The fourth-order valence-electron chi connectivity index (χ4n) is 3.63. The molecule has 0 atom stereocenters. The number of nitrogens with zero attached hydrogens (tertiary/aromatic N) is 2. The Kier molecular flexibility index (Phi) is 7.23. The highest BCUT2D eigenvalue weighted by atomic mass is 32.2. The van der Waals surface area contributed by atoms with Gasteiger partial charge >= 0.3 is 0 Å². The summed E-state index contributed by atoms with van der Waals surface area (Å²) >= 11 is 0. The molecular weight excluding hydrogens is 490 g/mol. The van der Waals surface area contributed by atoms with Gasteiger partial charge in [0.2, 0.25) is 0 Å². The van der Waals surface area contributed by atoms with E-state index in [0.29, 0.717) is 6.07 Å². The van der Waals surface area contributed by atoms with E-state index in [1.807, 2.05) is 0 Å². The molecule has 3 rings (SSSR count). The number of carbonyl (C=O) groups excluding carboxylic acids is 1. The number of sulfone groups is 2. The second-order valence-electron chi connectivity index (χ2n) is 8.38. The second kappa shape index (κ2) is 9.49. The molecule has 0 spiro atoms. The first-order chi connectivity index (χ1) is 15.7. The summed E-state index contributed by atoms with van der Waals surface area (Å²) in [7, 11) is -7.48. The lowest BCUT2D eigenvalue weighted by Gasteiger charge is -2.36. The van der Waals surface area contributed by atoms with E-state index in [1.54, 1.807) is 13.8 Å². The first-order valence-corrected chi connectivity index (χ1v) is 14.2. The summed E-state index contributed by atoms with van der Waals surface area (Å²) in [4.78, 5) is 15.5. The van der Waals surface area contributed by atoms with E-state index in [1.165, 1.54) is 28.0 Å². The van der Waals surface area contributed by atoms with Crippen molar-refractivity contribution in [2.24, 2.45) is 0 Å². The molecule has 1 heterocycles. The number of anilines is 1. The summed E-state index contributed by atoms with van der Waals surface area (Å²) in [5, 5.41) is 0. The molecule has 1 saturated heterocycles. The van der Waals surface area contributed by atoms with Gasteiger partial charge in [0.25, 0.3) is 5.91 Å². The number of rotatable bonds is 6. The van der Waals surface area contributed by atoms with Gasteiger partial charge in [0, 0.05) is 44.8 Å². The average molecular weight is 517 g/mol. The van der Waals surface area contributed by atoms with Gasteiger partial charge in [-0.3, -0.25) is 4.79 Å². The largest absolute Gasteiger partial charge is 0.490 e. The van der Waals surface area contributed by atoms with Gasteiger partial charge in [-0.25, -0.2) is 25.6 Å². The predicted molar refractivity (Wildman–Crippen MR) is 123 cm³/mol. The van der Waals surface area contributed by atoms with Crippen LogP contribution in [0.1, 0.15) is 24.2 Å². The van der Waals surface area contributed by atoms with Gasteiger partial charge in [-0.2, -0.15) is 0 Å². The molecule has 34 heavy (non-hydrogen) atoms. The number of hydrogen-bond donors (Lipinski definition) is 0. The summed E-state index contributed by atoms with van der Waals surface area (Å²) in [6.45, 7) is 4.18. The molecule has 0 aromatic heterocycles. The maximum atomic E-state index is 14.6. The van der Waals surface area contributed by atoms with E-state index in [9.17, 15) is 30.4 Å². The van der Waals surface area contributed by atoms with Crippen molar-refractivity contribution in [3.8, 4) is 5.75 Å². The number of piperazine rings is 1. The quantitative estimate of drug-likeness (QED) is 0.582. The minimum atomic E-state index is -3.92. The zero-order valence-corrected chi connectivity index (χ0v) is 20.8. The molecule has 186 valence electrons. The van der Waals surface area contributed by atoms with Crippen LogP contribution in [-0.4, -0.2) is 72.4 Å². The van der Waals surface area contributed by atoms with Crippen molar-refractivity contribution < 1.29 is 35.1 Å². The van der Waals surface area contributed by atoms with Crippen LogP contribution in [0.4, 0.5) is 14.5 Å². The molecule has 1 aliphatic rings. The van der Waals surface area contributed by atoms with Gasteiger partial charge in [-0.1, -0.05) is 0 Å². The summed E-state index contributed by atoms with van der Waals surface area (Å²) in [6.07, 6.45) is 1.59. The number of benzene rings is 2. The highest BCUT2D eigenvalue weighted by Crippen LogP contribution is 2.29. The fourth-order valence-corrected chi connectivity index (χ4v) is 5.01. The molecule has 0 radical (unpaired) electrons. The van der Waals surface area contributed by atoms with E-state index >= 15 is 0 Å². The van der Waals surface area contributed by atoms with Crippen LogP contribution in [0, 0.1) is 11.6 Å². The Bertz CT molecular complexity index is 1320. The Morgan fingerprint density at radius 1 is 0.912 bits per heavy atom. The van der Waals surface area contributed by atoms with E-state index < -0.39 is 42.1 Å². The van der Waals surface area contributed by atoms with Crippen LogP contribution in [0.3, 0.4) is 0 Å². The zero-order valence-electron chi connectivity index (χ0n) is 19.2. The Morgan fingerprint density at radius 3 is 2.06 bits per heavy atom. The minimum absolute atomic E-state index is 0.0193. The summed E-state index contributed by atoms with van der Waals surface area (Å²) in [5.74, 6) is -2.13. The van der Waals surface area contributed by atoms with Crippen molar-refractivity contribution in [3.63, 3.8) is 0 Å². The normalized spacial score (nSPS) is 15.0. The molecule has 2 aromatic rings. The first kappa shape index (κ1) is 25.9. The van der Waals surface area contributed by atoms with Crippen LogP contribution in [0.25, 0.3) is 0 Å². The third-order valence-corrected chi connectivity index (χ3v) is 7.50. The predicted octanol–water partition coefficient (Wildman–Crippen LogP) is 2.52. The average Bonchev–Trinajstić information content (AvgIpc) is 2.73. The molecule has 12 heteroatoms. The molecule has 1 fully saturated rings. The SMILES string of the molecule is CC(C)Oc1ccc(S(C)(=O)=O)cc1C(=O)N1CCN(c2cc(F)c(S(C)(=O)=O)cc2F)CC1. The van der Waals surface area contributed by atoms with Gasteiger partial charge in [0.15, 0.2) is 19.7 Å². The van der Waals surface area contributed by atoms with Crippen LogP contribution in [-0.2, 0) is 19.7 Å². The van der Waals surface area contributed by atoms with E-state index in [4.69, 9.17) is 4.74 Å². The van der Waals surface area contributed by atoms with Crippen molar-refractivity contribution in [1.29, 1.82) is 0 Å². The molecule has 0 bridgehead atoms. The van der Waals surface area contributed by atoms with Crippen LogP contribution in [0.2, 0.25) is 0 Å². The molecule has 1 amide bonds. The third-order valence-electron chi connectivity index (χ3n) is 5.28. The van der Waals surface area contributed by atoms with Crippen molar-refractivity contribution in [2.75, 3.05) is 43.6 Å². The highest BCUT2D eigenvalue weighted by Gasteiger charge is 2.28. The van der Waals surface area contributed by atoms with Crippen LogP contribution < -0.4 is 9.64 Å². The van der Waals surface area contributed by atoms with Gasteiger partial charge in [-0.05, 0) is 38.1 Å². The Morgan fingerprint density at radius 2 is 1.53 bits per heavy atom. The molecular formula is C22H26F2N2O6S2. The first-order valence-electron chi connectivity index (χ1n) is 10.4. The van der Waals surface area contributed by atoms with Crippen LogP contribution in [0.15, 0.2) is 40.1 Å². The summed E-state index contributed by atoms with van der Waals surface area (Å²) < 4.78 is 81.8. The monoisotopic (exact) mass is 516 g/mol.